The van der Waals surface area contributed by atoms with Gasteiger partial charge in [-0.1, -0.05) is 0 Å². The first-order chi connectivity index (χ1) is 4.79. The number of carbonyl (C=O) groups excluding carboxylic acids is 2. The van der Waals surface area contributed by atoms with Crippen molar-refractivity contribution in [3.63, 3.8) is 0 Å². The van der Waals surface area contributed by atoms with Crippen LogP contribution in [-0.2, 0) is 14.3 Å². The molecule has 1 aliphatic carbocycles. The average molecular weight is 142 g/mol. The smallest absolute Gasteiger partial charge is 0.309 e. The van der Waals surface area contributed by atoms with Crippen molar-refractivity contribution >= 4 is 12.3 Å². The van der Waals surface area contributed by atoms with Crippen LogP contribution < -0.4 is 0 Å². The Hall–Kier alpha value is -0.860. The lowest BCUT2D eigenvalue weighted by atomic mass is 10.3. The molecule has 1 fully saturated rings. The van der Waals surface area contributed by atoms with Crippen LogP contribution in [0, 0.1) is 11.8 Å². The molecule has 0 N–H and O–H groups in total. The Morgan fingerprint density at radius 1 is 1.80 bits per heavy atom. The normalized spacial score (nSPS) is 29.3. The molecule has 1 unspecified atom stereocenters. The van der Waals surface area contributed by atoms with Crippen LogP contribution in [0.5, 0.6) is 0 Å². The summed E-state index contributed by atoms with van der Waals surface area (Å²) < 4.78 is 4.70. The first-order valence-corrected chi connectivity index (χ1v) is 3.41. The summed E-state index contributed by atoms with van der Waals surface area (Å²) in [5.41, 5.74) is 0. The second kappa shape index (κ2) is 2.82. The lowest BCUT2D eigenvalue weighted by Crippen LogP contribution is -2.07. The van der Waals surface area contributed by atoms with Gasteiger partial charge in [-0.3, -0.25) is 4.79 Å². The van der Waals surface area contributed by atoms with Crippen molar-refractivity contribution in [2.75, 3.05) is 6.61 Å². The Labute approximate surface area is 59.4 Å². The van der Waals surface area contributed by atoms with Crippen molar-refractivity contribution in [1.82, 2.24) is 0 Å². The van der Waals surface area contributed by atoms with Crippen molar-refractivity contribution in [1.29, 1.82) is 0 Å². The van der Waals surface area contributed by atoms with Crippen molar-refractivity contribution in [2.24, 2.45) is 11.8 Å². The zero-order chi connectivity index (χ0) is 7.56. The zero-order valence-electron chi connectivity index (χ0n) is 5.87. The molecule has 0 aromatic heterocycles. The summed E-state index contributed by atoms with van der Waals surface area (Å²) in [6, 6.07) is 0. The highest BCUT2D eigenvalue weighted by molar-refractivity contribution is 5.81. The number of carbonyl (C=O) groups is 2. The van der Waals surface area contributed by atoms with Gasteiger partial charge >= 0.3 is 5.97 Å². The van der Waals surface area contributed by atoms with E-state index in [-0.39, 0.29) is 17.8 Å². The zero-order valence-corrected chi connectivity index (χ0v) is 5.87. The van der Waals surface area contributed by atoms with Gasteiger partial charge in [-0.15, -0.1) is 0 Å². The van der Waals surface area contributed by atoms with E-state index < -0.39 is 0 Å². The maximum absolute atomic E-state index is 10.8. The highest BCUT2D eigenvalue weighted by atomic mass is 16.5. The van der Waals surface area contributed by atoms with Crippen molar-refractivity contribution in [3.8, 4) is 0 Å². The van der Waals surface area contributed by atoms with E-state index in [0.29, 0.717) is 13.0 Å². The van der Waals surface area contributed by atoms with Crippen LogP contribution in [0.4, 0.5) is 0 Å². The molecule has 0 aromatic rings. The predicted molar refractivity (Wildman–Crippen MR) is 34.3 cm³/mol. The summed E-state index contributed by atoms with van der Waals surface area (Å²) in [5, 5.41) is 0. The largest absolute Gasteiger partial charge is 0.466 e. The fraction of sp³-hybridized carbons (Fsp3) is 0.714. The molecular formula is C7H10O3. The van der Waals surface area contributed by atoms with E-state index in [9.17, 15) is 9.59 Å². The molecule has 0 heterocycles. The molecule has 0 saturated heterocycles. The molecule has 1 rings (SSSR count). The Kier molecular flexibility index (Phi) is 2.04. The highest BCUT2D eigenvalue weighted by Gasteiger charge is 2.43. The highest BCUT2D eigenvalue weighted by Crippen LogP contribution is 2.37. The SMILES string of the molecule is CCOC(=O)C1C[C@@H]1C=O. The third kappa shape index (κ3) is 1.35. The monoisotopic (exact) mass is 142 g/mol. The third-order valence-electron chi connectivity index (χ3n) is 1.60. The molecule has 0 amide bonds. The maximum atomic E-state index is 10.8. The van der Waals surface area contributed by atoms with Crippen LogP contribution >= 0.6 is 0 Å². The topological polar surface area (TPSA) is 43.4 Å². The number of hydrogen-bond donors (Lipinski definition) is 0. The fourth-order valence-electron chi connectivity index (χ4n) is 0.885. The summed E-state index contributed by atoms with van der Waals surface area (Å²) in [6.45, 7) is 2.16. The Balaban J connectivity index is 2.25. The van der Waals surface area contributed by atoms with Gasteiger partial charge in [-0.25, -0.2) is 0 Å². The molecule has 0 bridgehead atoms. The van der Waals surface area contributed by atoms with E-state index in [2.05, 4.69) is 0 Å². The van der Waals surface area contributed by atoms with Crippen molar-refractivity contribution in [3.05, 3.63) is 0 Å². The molecule has 1 saturated carbocycles. The first-order valence-electron chi connectivity index (χ1n) is 3.41. The fourth-order valence-corrected chi connectivity index (χ4v) is 0.885. The molecule has 56 valence electrons. The second-order valence-corrected chi connectivity index (χ2v) is 2.39. The van der Waals surface area contributed by atoms with E-state index in [4.69, 9.17) is 4.74 Å². The van der Waals surface area contributed by atoms with Gasteiger partial charge in [0, 0.05) is 5.92 Å². The van der Waals surface area contributed by atoms with Crippen LogP contribution in [0.2, 0.25) is 0 Å². The van der Waals surface area contributed by atoms with E-state index in [1.54, 1.807) is 6.92 Å². The minimum atomic E-state index is -0.223. The van der Waals surface area contributed by atoms with E-state index in [1.165, 1.54) is 0 Å². The van der Waals surface area contributed by atoms with E-state index in [1.807, 2.05) is 0 Å². The van der Waals surface area contributed by atoms with Crippen molar-refractivity contribution < 1.29 is 14.3 Å². The number of hydrogen-bond acceptors (Lipinski definition) is 3. The Bertz CT molecular complexity index is 153. The van der Waals surface area contributed by atoms with E-state index in [0.717, 1.165) is 6.29 Å². The predicted octanol–water partition coefficient (Wildman–Crippen LogP) is 0.385. The number of aldehydes is 1. The number of esters is 1. The molecule has 0 radical (unpaired) electrons. The first kappa shape index (κ1) is 7.25. The average Bonchev–Trinajstić information content (AvgIpc) is 2.66. The number of rotatable bonds is 3. The third-order valence-corrected chi connectivity index (χ3v) is 1.60. The molecule has 2 atom stereocenters. The Morgan fingerprint density at radius 3 is 2.90 bits per heavy atom. The minimum Gasteiger partial charge on any atom is -0.466 e. The molecular weight excluding hydrogens is 132 g/mol. The molecule has 0 aliphatic heterocycles. The summed E-state index contributed by atoms with van der Waals surface area (Å²) in [4.78, 5) is 20.9. The molecule has 10 heavy (non-hydrogen) atoms. The molecule has 0 spiro atoms. The van der Waals surface area contributed by atoms with Gasteiger partial charge in [0.1, 0.15) is 6.29 Å². The molecule has 3 heteroatoms. The lowest BCUT2D eigenvalue weighted by Gasteiger charge is -1.96. The quantitative estimate of drug-likeness (QED) is 0.422. The maximum Gasteiger partial charge on any atom is 0.309 e. The summed E-state index contributed by atoms with van der Waals surface area (Å²) in [6.07, 6.45) is 1.50. The minimum absolute atomic E-state index is 0.0564. The van der Waals surface area contributed by atoms with Gasteiger partial charge in [0.15, 0.2) is 0 Å². The Morgan fingerprint density at radius 2 is 2.50 bits per heavy atom. The molecule has 1 aliphatic rings. The van der Waals surface area contributed by atoms with Gasteiger partial charge in [0.2, 0.25) is 0 Å². The molecule has 0 aromatic carbocycles. The lowest BCUT2D eigenvalue weighted by molar-refractivity contribution is -0.145. The number of ether oxygens (including phenoxy) is 1. The summed E-state index contributed by atoms with van der Waals surface area (Å²) >= 11 is 0. The standard InChI is InChI=1S/C7H10O3/c1-2-10-7(9)6-3-5(6)4-8/h4-6H,2-3H2,1H3/t5-,6?/m1/s1. The van der Waals surface area contributed by atoms with Gasteiger partial charge in [-0.2, -0.15) is 0 Å². The molecule has 3 nitrogen and oxygen atoms in total. The van der Waals surface area contributed by atoms with Crippen LogP contribution in [-0.4, -0.2) is 18.9 Å². The van der Waals surface area contributed by atoms with Gasteiger partial charge in [-0.05, 0) is 13.3 Å². The summed E-state index contributed by atoms with van der Waals surface area (Å²) in [5.74, 6) is -0.406. The van der Waals surface area contributed by atoms with Crippen LogP contribution in [0.25, 0.3) is 0 Å². The van der Waals surface area contributed by atoms with Gasteiger partial charge in [0.25, 0.3) is 0 Å². The van der Waals surface area contributed by atoms with Gasteiger partial charge < -0.3 is 9.53 Å². The van der Waals surface area contributed by atoms with Crippen LogP contribution in [0.15, 0.2) is 0 Å². The van der Waals surface area contributed by atoms with Crippen LogP contribution in [0.1, 0.15) is 13.3 Å². The van der Waals surface area contributed by atoms with Gasteiger partial charge in [0.05, 0.1) is 12.5 Å². The second-order valence-electron chi connectivity index (χ2n) is 2.39. The van der Waals surface area contributed by atoms with E-state index >= 15 is 0 Å². The van der Waals surface area contributed by atoms with Crippen LogP contribution in [0.3, 0.4) is 0 Å². The summed E-state index contributed by atoms with van der Waals surface area (Å²) in [7, 11) is 0. The van der Waals surface area contributed by atoms with Crippen molar-refractivity contribution in [2.45, 2.75) is 13.3 Å².